The number of benzene rings is 2. The first-order valence-corrected chi connectivity index (χ1v) is 13.9. The summed E-state index contributed by atoms with van der Waals surface area (Å²) in [5.74, 6) is 3.96. The third kappa shape index (κ3) is 4.87. The summed E-state index contributed by atoms with van der Waals surface area (Å²) in [5, 5.41) is 3.14. The van der Waals surface area contributed by atoms with Gasteiger partial charge in [-0.1, -0.05) is 0 Å². The molecule has 4 atom stereocenters. The van der Waals surface area contributed by atoms with E-state index in [1.54, 1.807) is 24.3 Å². The topological polar surface area (TPSA) is 92.8 Å². The third-order valence-corrected chi connectivity index (χ3v) is 8.92. The van der Waals surface area contributed by atoms with Gasteiger partial charge in [0.2, 0.25) is 13.6 Å². The van der Waals surface area contributed by atoms with E-state index >= 15 is 0 Å². The van der Waals surface area contributed by atoms with Gasteiger partial charge in [-0.05, 0) is 67.6 Å². The van der Waals surface area contributed by atoms with Crippen LogP contribution in [0.25, 0.3) is 0 Å². The predicted octanol–water partition coefficient (Wildman–Crippen LogP) is 2.04. The van der Waals surface area contributed by atoms with Gasteiger partial charge in [0, 0.05) is 63.0 Å². The van der Waals surface area contributed by atoms with E-state index < -0.39 is 0 Å². The van der Waals surface area contributed by atoms with Crippen molar-refractivity contribution in [2.24, 2.45) is 11.8 Å². The van der Waals surface area contributed by atoms with Crippen molar-refractivity contribution in [2.75, 3.05) is 65.9 Å². The monoisotopic (exact) mass is 534 g/mol. The van der Waals surface area contributed by atoms with Crippen molar-refractivity contribution < 1.29 is 28.5 Å². The molecule has 8 rings (SSSR count). The number of hydrogen-bond donors (Lipinski definition) is 1. The van der Waals surface area contributed by atoms with E-state index in [-0.39, 0.29) is 25.4 Å². The number of carbonyl (C=O) groups is 2. The van der Waals surface area contributed by atoms with E-state index in [1.807, 2.05) is 17.0 Å². The molecule has 6 aliphatic heterocycles. The lowest BCUT2D eigenvalue weighted by atomic mass is 9.75. The number of ether oxygens (including phenoxy) is 4. The Morgan fingerprint density at radius 3 is 2.18 bits per heavy atom. The quantitative estimate of drug-likeness (QED) is 0.602. The normalized spacial score (nSPS) is 27.0. The van der Waals surface area contributed by atoms with Crippen LogP contribution in [0.5, 0.6) is 23.0 Å². The molecule has 2 aromatic rings. The highest BCUT2D eigenvalue weighted by Crippen LogP contribution is 2.37. The van der Waals surface area contributed by atoms with Crippen LogP contribution in [0.15, 0.2) is 36.4 Å². The molecule has 2 aromatic carbocycles. The van der Waals surface area contributed by atoms with Gasteiger partial charge in [0.05, 0.1) is 0 Å². The number of carbonyl (C=O) groups excluding carboxylic acids is 2. The van der Waals surface area contributed by atoms with Crippen LogP contribution in [-0.2, 0) is 0 Å². The Morgan fingerprint density at radius 2 is 1.49 bits per heavy atom. The van der Waals surface area contributed by atoms with Crippen molar-refractivity contribution in [1.29, 1.82) is 0 Å². The number of amides is 2. The molecule has 0 aliphatic carbocycles. The zero-order valence-electron chi connectivity index (χ0n) is 22.0. The average Bonchev–Trinajstić information content (AvgIpc) is 3.65. The Labute approximate surface area is 227 Å². The highest BCUT2D eigenvalue weighted by Gasteiger charge is 2.41. The average molecular weight is 535 g/mol. The van der Waals surface area contributed by atoms with Crippen LogP contribution in [-0.4, -0.2) is 98.5 Å². The summed E-state index contributed by atoms with van der Waals surface area (Å²) in [7, 11) is 0. The number of nitrogens with one attached hydrogen (secondary N) is 1. The van der Waals surface area contributed by atoms with Crippen LogP contribution in [0.1, 0.15) is 33.6 Å². The van der Waals surface area contributed by atoms with E-state index in [1.165, 1.54) is 6.42 Å². The molecule has 0 radical (unpaired) electrons. The first-order chi connectivity index (χ1) is 19.1. The zero-order valence-corrected chi connectivity index (χ0v) is 22.0. The van der Waals surface area contributed by atoms with Gasteiger partial charge in [-0.25, -0.2) is 0 Å². The molecule has 206 valence electrons. The van der Waals surface area contributed by atoms with Crippen LogP contribution in [0.3, 0.4) is 0 Å². The Balaban J connectivity index is 0.879. The summed E-state index contributed by atoms with van der Waals surface area (Å²) in [4.78, 5) is 32.8. The molecule has 0 saturated carbocycles. The van der Waals surface area contributed by atoms with Crippen LogP contribution in [0.2, 0.25) is 0 Å². The fourth-order valence-corrected chi connectivity index (χ4v) is 6.70. The second-order valence-electron chi connectivity index (χ2n) is 11.1. The van der Waals surface area contributed by atoms with E-state index in [9.17, 15) is 9.59 Å². The van der Waals surface area contributed by atoms with Gasteiger partial charge in [0.25, 0.3) is 11.8 Å². The Morgan fingerprint density at radius 1 is 0.821 bits per heavy atom. The zero-order chi connectivity index (χ0) is 26.3. The maximum Gasteiger partial charge on any atom is 0.254 e. The lowest BCUT2D eigenvalue weighted by Gasteiger charge is -2.51. The molecule has 10 heteroatoms. The van der Waals surface area contributed by atoms with E-state index in [4.69, 9.17) is 18.9 Å². The Kier molecular flexibility index (Phi) is 6.44. The van der Waals surface area contributed by atoms with Crippen LogP contribution < -0.4 is 24.3 Å². The van der Waals surface area contributed by atoms with Crippen LogP contribution in [0, 0.1) is 11.8 Å². The number of piperidine rings is 3. The van der Waals surface area contributed by atoms with Crippen molar-refractivity contribution in [3.05, 3.63) is 47.5 Å². The SMILES string of the molecule is O=C(NCC1CC2CCN1CC2CN1CCN(C(=O)c2ccc3c(c2)OCO3)CC1)c1ccc2c(c1)OCO2. The summed E-state index contributed by atoms with van der Waals surface area (Å²) in [6, 6.07) is 11.1. The molecule has 2 amide bonds. The summed E-state index contributed by atoms with van der Waals surface area (Å²) < 4.78 is 21.6. The molecule has 4 saturated heterocycles. The van der Waals surface area contributed by atoms with Gasteiger partial charge in [0.15, 0.2) is 23.0 Å². The number of hydrogen-bond acceptors (Lipinski definition) is 8. The molecule has 0 aromatic heterocycles. The van der Waals surface area contributed by atoms with Crippen molar-refractivity contribution >= 4 is 11.8 Å². The van der Waals surface area contributed by atoms with Crippen molar-refractivity contribution in [2.45, 2.75) is 18.9 Å². The lowest BCUT2D eigenvalue weighted by molar-refractivity contribution is -0.0163. The smallest absolute Gasteiger partial charge is 0.254 e. The highest BCUT2D eigenvalue weighted by molar-refractivity contribution is 5.95. The number of rotatable bonds is 6. The maximum absolute atomic E-state index is 13.0. The van der Waals surface area contributed by atoms with Gasteiger partial charge < -0.3 is 29.2 Å². The Bertz CT molecular complexity index is 1260. The summed E-state index contributed by atoms with van der Waals surface area (Å²) >= 11 is 0. The number of piperazine rings is 1. The first-order valence-electron chi connectivity index (χ1n) is 13.9. The number of nitrogens with zero attached hydrogens (tertiary/aromatic N) is 3. The van der Waals surface area contributed by atoms with Gasteiger partial charge in [0.1, 0.15) is 0 Å². The maximum atomic E-state index is 13.0. The molecule has 6 aliphatic rings. The summed E-state index contributed by atoms with van der Waals surface area (Å²) in [6.07, 6.45) is 2.34. The molecule has 39 heavy (non-hydrogen) atoms. The fraction of sp³-hybridized carbons (Fsp3) is 0.517. The second kappa shape index (κ2) is 10.2. The first kappa shape index (κ1) is 24.5. The highest BCUT2D eigenvalue weighted by atomic mass is 16.7. The van der Waals surface area contributed by atoms with Crippen LogP contribution in [0.4, 0.5) is 0 Å². The molecule has 0 spiro atoms. The van der Waals surface area contributed by atoms with Gasteiger partial charge in [-0.2, -0.15) is 0 Å². The van der Waals surface area contributed by atoms with Gasteiger partial charge >= 0.3 is 0 Å². The third-order valence-electron chi connectivity index (χ3n) is 8.92. The Hall–Kier alpha value is -3.50. The lowest BCUT2D eigenvalue weighted by Crippen LogP contribution is -2.59. The van der Waals surface area contributed by atoms with E-state index in [0.717, 1.165) is 52.2 Å². The fourth-order valence-electron chi connectivity index (χ4n) is 6.70. The van der Waals surface area contributed by atoms with Crippen molar-refractivity contribution in [3.8, 4) is 23.0 Å². The molecule has 4 unspecified atom stereocenters. The predicted molar refractivity (Wildman–Crippen MR) is 141 cm³/mol. The minimum Gasteiger partial charge on any atom is -0.454 e. The van der Waals surface area contributed by atoms with Crippen molar-refractivity contribution in [3.63, 3.8) is 0 Å². The minimum atomic E-state index is -0.0688. The van der Waals surface area contributed by atoms with Gasteiger partial charge in [-0.3, -0.25) is 19.4 Å². The summed E-state index contributed by atoms with van der Waals surface area (Å²) in [5.41, 5.74) is 1.26. The number of fused-ring (bicyclic) bond motifs is 5. The molecular weight excluding hydrogens is 500 g/mol. The standard InChI is InChI=1S/C29H34N4O6/c34-28(20-1-3-24-26(12-20)38-17-36-24)30-14-23-11-19-5-6-33(23)16-22(19)15-31-7-9-32(10-8-31)29(35)21-2-4-25-27(13-21)39-18-37-25/h1-4,12-13,19,22-23H,5-11,14-18H2,(H,30,34). The van der Waals surface area contributed by atoms with E-state index in [2.05, 4.69) is 15.1 Å². The van der Waals surface area contributed by atoms with Gasteiger partial charge in [-0.15, -0.1) is 0 Å². The molecule has 4 fully saturated rings. The largest absolute Gasteiger partial charge is 0.454 e. The molecule has 6 heterocycles. The second-order valence-corrected chi connectivity index (χ2v) is 11.1. The molecular formula is C29H34N4O6. The molecule has 1 N–H and O–H groups in total. The van der Waals surface area contributed by atoms with E-state index in [0.29, 0.717) is 58.5 Å². The van der Waals surface area contributed by atoms with Crippen molar-refractivity contribution in [1.82, 2.24) is 20.0 Å². The minimum absolute atomic E-state index is 0.0569. The molecule has 2 bridgehead atoms. The summed E-state index contributed by atoms with van der Waals surface area (Å²) in [6.45, 7) is 7.60. The van der Waals surface area contributed by atoms with Crippen LogP contribution >= 0.6 is 0 Å². The molecule has 10 nitrogen and oxygen atoms in total.